The number of carboxylic acids is 1. The summed E-state index contributed by atoms with van der Waals surface area (Å²) in [6, 6.07) is 15.9. The fraction of sp³-hybridized carbons (Fsp3) is 0.308. The molecule has 1 saturated carbocycles. The van der Waals surface area contributed by atoms with E-state index in [0.717, 1.165) is 46.6 Å². The molecular weight excluding hydrogens is 466 g/mol. The Morgan fingerprint density at radius 2 is 1.71 bits per heavy atom. The van der Waals surface area contributed by atoms with Crippen molar-refractivity contribution >= 4 is 34.5 Å². The van der Waals surface area contributed by atoms with Crippen molar-refractivity contribution in [3.05, 3.63) is 70.9 Å². The highest BCUT2D eigenvalue weighted by Gasteiger charge is 2.35. The first kappa shape index (κ1) is 23.0. The van der Waals surface area contributed by atoms with Gasteiger partial charge in [-0.25, -0.2) is 9.59 Å². The lowest BCUT2D eigenvalue weighted by atomic mass is 9.98. The number of hydrogen-bond acceptors (Lipinski definition) is 6. The lowest BCUT2D eigenvalue weighted by Crippen LogP contribution is -2.40. The number of anilines is 1. The molecule has 2 aromatic carbocycles. The Morgan fingerprint density at radius 3 is 2.31 bits per heavy atom. The summed E-state index contributed by atoms with van der Waals surface area (Å²) in [5.41, 5.74) is 4.93. The number of aromatic carboxylic acids is 1. The number of carbonyl (C=O) groups is 3. The maximum atomic E-state index is 12.7. The van der Waals surface area contributed by atoms with Crippen LogP contribution in [0.4, 0.5) is 9.80 Å². The second kappa shape index (κ2) is 9.50. The summed E-state index contributed by atoms with van der Waals surface area (Å²) >= 11 is 0.934. The van der Waals surface area contributed by atoms with Gasteiger partial charge < -0.3 is 20.5 Å². The van der Waals surface area contributed by atoms with Crippen molar-refractivity contribution in [2.75, 3.05) is 11.9 Å². The maximum Gasteiger partial charge on any atom is 0.407 e. The highest BCUT2D eigenvalue weighted by molar-refractivity contribution is 7.11. The molecule has 8 nitrogen and oxygen atoms in total. The molecule has 0 bridgehead atoms. The van der Waals surface area contributed by atoms with E-state index in [9.17, 15) is 19.5 Å². The molecule has 1 aromatic heterocycles. The van der Waals surface area contributed by atoms with Gasteiger partial charge in [0.15, 0.2) is 0 Å². The average Bonchev–Trinajstić information content (AvgIpc) is 3.55. The molecule has 1 heterocycles. The summed E-state index contributed by atoms with van der Waals surface area (Å²) < 4.78 is 9.65. The van der Waals surface area contributed by atoms with E-state index < -0.39 is 12.1 Å². The number of fused-ring (bicyclic) bond motifs is 3. The van der Waals surface area contributed by atoms with E-state index in [4.69, 9.17) is 4.74 Å². The Labute approximate surface area is 206 Å². The summed E-state index contributed by atoms with van der Waals surface area (Å²) in [5.74, 6) is -1.35. The van der Waals surface area contributed by atoms with Gasteiger partial charge in [-0.05, 0) is 59.5 Å². The van der Waals surface area contributed by atoms with E-state index in [1.54, 1.807) is 6.92 Å². The monoisotopic (exact) mass is 491 g/mol. The number of aryl methyl sites for hydroxylation is 1. The van der Waals surface area contributed by atoms with Crippen LogP contribution in [0.2, 0.25) is 0 Å². The van der Waals surface area contributed by atoms with Crippen molar-refractivity contribution in [1.82, 2.24) is 9.69 Å². The smallest absolute Gasteiger partial charge is 0.407 e. The fourth-order valence-corrected chi connectivity index (χ4v) is 5.52. The molecule has 5 rings (SSSR count). The van der Waals surface area contributed by atoms with Crippen molar-refractivity contribution in [3.8, 4) is 11.1 Å². The van der Waals surface area contributed by atoms with Crippen LogP contribution in [-0.2, 0) is 9.53 Å². The van der Waals surface area contributed by atoms with Gasteiger partial charge in [0, 0.05) is 18.4 Å². The Kier molecular flexibility index (Phi) is 6.25. The standard InChI is InChI=1S/C26H25N3O5S/c1-14-23(25(31)32)24(35-29-14)28-22(30)12-21(15-10-11-15)27-26(33)34-13-20-18-8-4-2-6-16(18)17-7-3-5-9-19(17)20/h2-9,15,20-21H,10-13H2,1H3,(H,27,33)(H,28,30)(H,31,32). The lowest BCUT2D eigenvalue weighted by Gasteiger charge is -2.19. The highest BCUT2D eigenvalue weighted by Crippen LogP contribution is 2.44. The van der Waals surface area contributed by atoms with Crippen molar-refractivity contribution in [3.63, 3.8) is 0 Å². The third-order valence-corrected chi connectivity index (χ3v) is 7.43. The summed E-state index contributed by atoms with van der Waals surface area (Å²) in [6.07, 6.45) is 1.31. The molecule has 2 aliphatic rings. The third-order valence-electron chi connectivity index (χ3n) is 6.57. The van der Waals surface area contributed by atoms with Crippen molar-refractivity contribution < 1.29 is 24.2 Å². The molecule has 0 aliphatic heterocycles. The molecule has 1 atom stereocenters. The number of alkyl carbamates (subject to hydrolysis) is 1. The normalized spacial score (nSPS) is 15.1. The molecule has 2 aliphatic carbocycles. The minimum Gasteiger partial charge on any atom is -0.478 e. The van der Waals surface area contributed by atoms with Crippen molar-refractivity contribution in [1.29, 1.82) is 0 Å². The van der Waals surface area contributed by atoms with Crippen LogP contribution in [-0.4, -0.2) is 40.1 Å². The second-order valence-electron chi connectivity index (χ2n) is 8.94. The third kappa shape index (κ3) is 4.77. The van der Waals surface area contributed by atoms with Crippen LogP contribution < -0.4 is 10.6 Å². The molecule has 3 aromatic rings. The Hall–Kier alpha value is -3.72. The zero-order valence-electron chi connectivity index (χ0n) is 19.1. The van der Waals surface area contributed by atoms with Gasteiger partial charge >= 0.3 is 12.1 Å². The number of benzene rings is 2. The fourth-order valence-electron chi connectivity index (χ4n) is 4.71. The van der Waals surface area contributed by atoms with Crippen LogP contribution in [0.3, 0.4) is 0 Å². The number of nitrogens with zero attached hydrogens (tertiary/aromatic N) is 1. The van der Waals surface area contributed by atoms with E-state index in [-0.39, 0.29) is 47.4 Å². The predicted molar refractivity (Wildman–Crippen MR) is 132 cm³/mol. The van der Waals surface area contributed by atoms with Gasteiger partial charge in [0.2, 0.25) is 5.91 Å². The number of ether oxygens (including phenoxy) is 1. The highest BCUT2D eigenvalue weighted by atomic mass is 32.1. The zero-order chi connectivity index (χ0) is 24.5. The molecule has 1 unspecified atom stereocenters. The quantitative estimate of drug-likeness (QED) is 0.417. The van der Waals surface area contributed by atoms with E-state index in [1.807, 2.05) is 24.3 Å². The van der Waals surface area contributed by atoms with Gasteiger partial charge in [0.25, 0.3) is 0 Å². The molecule has 35 heavy (non-hydrogen) atoms. The Morgan fingerprint density at radius 1 is 1.09 bits per heavy atom. The first-order valence-electron chi connectivity index (χ1n) is 11.5. The van der Waals surface area contributed by atoms with Gasteiger partial charge in [-0.15, -0.1) is 0 Å². The number of amides is 2. The summed E-state index contributed by atoms with van der Waals surface area (Å²) in [7, 11) is 0. The minimum atomic E-state index is -1.14. The topological polar surface area (TPSA) is 118 Å². The van der Waals surface area contributed by atoms with Gasteiger partial charge in [0.05, 0.1) is 5.69 Å². The molecule has 1 fully saturated rings. The number of carboxylic acid groups (broad SMARTS) is 1. The first-order valence-corrected chi connectivity index (χ1v) is 12.3. The number of aromatic nitrogens is 1. The maximum absolute atomic E-state index is 12.7. The molecule has 9 heteroatoms. The summed E-state index contributed by atoms with van der Waals surface area (Å²) in [4.78, 5) is 36.8. The largest absolute Gasteiger partial charge is 0.478 e. The van der Waals surface area contributed by atoms with E-state index >= 15 is 0 Å². The lowest BCUT2D eigenvalue weighted by molar-refractivity contribution is -0.116. The molecule has 2 amide bonds. The van der Waals surface area contributed by atoms with Crippen LogP contribution in [0.15, 0.2) is 48.5 Å². The number of carbonyl (C=O) groups excluding carboxylic acids is 2. The summed E-state index contributed by atoms with van der Waals surface area (Å²) in [5, 5.41) is 15.1. The second-order valence-corrected chi connectivity index (χ2v) is 9.72. The van der Waals surface area contributed by atoms with Gasteiger partial charge in [-0.3, -0.25) is 4.79 Å². The van der Waals surface area contributed by atoms with Crippen LogP contribution in [0.1, 0.15) is 52.4 Å². The van der Waals surface area contributed by atoms with Crippen molar-refractivity contribution in [2.24, 2.45) is 5.92 Å². The van der Waals surface area contributed by atoms with E-state index in [1.165, 1.54) is 0 Å². The molecule has 0 spiro atoms. The minimum absolute atomic E-state index is 0.00387. The SMILES string of the molecule is Cc1nsc(NC(=O)CC(NC(=O)OCC2c3ccccc3-c3ccccc32)C2CC2)c1C(=O)O. The van der Waals surface area contributed by atoms with Gasteiger partial charge in [0.1, 0.15) is 17.2 Å². The number of nitrogens with one attached hydrogen (secondary N) is 2. The molecule has 0 saturated heterocycles. The van der Waals surface area contributed by atoms with Gasteiger partial charge in [-0.2, -0.15) is 4.37 Å². The van der Waals surface area contributed by atoms with Crippen LogP contribution in [0.25, 0.3) is 11.1 Å². The first-order chi connectivity index (χ1) is 16.9. The molecular formula is C26H25N3O5S. The molecule has 3 N–H and O–H groups in total. The molecule has 180 valence electrons. The van der Waals surface area contributed by atoms with E-state index in [0.29, 0.717) is 5.69 Å². The zero-order valence-corrected chi connectivity index (χ0v) is 19.9. The Bertz CT molecular complexity index is 1250. The van der Waals surface area contributed by atoms with Crippen molar-refractivity contribution in [2.45, 2.75) is 38.1 Å². The van der Waals surface area contributed by atoms with Crippen LogP contribution in [0, 0.1) is 12.8 Å². The molecule has 0 radical (unpaired) electrons. The van der Waals surface area contributed by atoms with Crippen LogP contribution >= 0.6 is 11.5 Å². The predicted octanol–water partition coefficient (Wildman–Crippen LogP) is 4.80. The summed E-state index contributed by atoms with van der Waals surface area (Å²) in [6.45, 7) is 1.78. The number of rotatable bonds is 8. The Balaban J connectivity index is 1.21. The average molecular weight is 492 g/mol. The van der Waals surface area contributed by atoms with Gasteiger partial charge in [-0.1, -0.05) is 48.5 Å². The number of hydrogen-bond donors (Lipinski definition) is 3. The van der Waals surface area contributed by atoms with E-state index in [2.05, 4.69) is 39.3 Å². The van der Waals surface area contributed by atoms with Crippen LogP contribution in [0.5, 0.6) is 0 Å².